The molecule has 5 heterocycles. The van der Waals surface area contributed by atoms with E-state index < -0.39 is 12.0 Å². The number of nitroso groups, excluding NO2 is 1. The molecule has 3 unspecified atom stereocenters. The van der Waals surface area contributed by atoms with Crippen LogP contribution in [0.2, 0.25) is 0 Å². The molecular formula is C20H25N3O3. The molecule has 4 saturated heterocycles. The summed E-state index contributed by atoms with van der Waals surface area (Å²) >= 11 is 0. The molecule has 5 bridgehead atoms. The third-order valence-electron chi connectivity index (χ3n) is 8.67. The lowest BCUT2D eigenvalue weighted by Gasteiger charge is -2.64. The first-order valence-corrected chi connectivity index (χ1v) is 9.86. The second-order valence-electron chi connectivity index (χ2n) is 9.07. The highest BCUT2D eigenvalue weighted by atomic mass is 16.4. The van der Waals surface area contributed by atoms with Crippen LogP contribution in [0.3, 0.4) is 0 Å². The van der Waals surface area contributed by atoms with Gasteiger partial charge in [-0.3, -0.25) is 0 Å². The van der Waals surface area contributed by atoms with Gasteiger partial charge in [-0.15, -0.1) is 4.91 Å². The first-order valence-electron chi connectivity index (χ1n) is 9.86. The SMILES string of the molecule is CC[C@H]1[C@H]2C[C@H]3[C@@H]4N(C)c5ccccc5[C@]45C[C@@H](C2C5O)N3[C@@]1(O)N=O. The zero-order valence-electron chi connectivity index (χ0n) is 15.1. The van der Waals surface area contributed by atoms with Crippen LogP contribution in [0.15, 0.2) is 29.4 Å². The molecule has 0 amide bonds. The normalized spacial score (nSPS) is 55.2. The minimum atomic E-state index is -1.63. The number of para-hydroxylation sites is 1. The van der Waals surface area contributed by atoms with Crippen LogP contribution in [0, 0.1) is 22.7 Å². The smallest absolute Gasteiger partial charge is 0.259 e. The number of hydrogen-bond donors (Lipinski definition) is 2. The number of hydrogen-bond acceptors (Lipinski definition) is 6. The van der Waals surface area contributed by atoms with Crippen molar-refractivity contribution in [2.45, 2.75) is 61.7 Å². The van der Waals surface area contributed by atoms with Gasteiger partial charge in [0.2, 0.25) is 0 Å². The summed E-state index contributed by atoms with van der Waals surface area (Å²) in [4.78, 5) is 16.1. The highest BCUT2D eigenvalue weighted by Crippen LogP contribution is 2.70. The Bertz CT molecular complexity index is 817. The number of benzene rings is 1. The van der Waals surface area contributed by atoms with Gasteiger partial charge in [-0.1, -0.05) is 25.1 Å². The van der Waals surface area contributed by atoms with E-state index in [0.29, 0.717) is 6.42 Å². The third-order valence-corrected chi connectivity index (χ3v) is 8.67. The van der Waals surface area contributed by atoms with Crippen LogP contribution in [0.25, 0.3) is 0 Å². The van der Waals surface area contributed by atoms with Gasteiger partial charge in [0.25, 0.3) is 5.85 Å². The summed E-state index contributed by atoms with van der Waals surface area (Å²) in [5.41, 5.74) is 2.13. The molecule has 10 atom stereocenters. The topological polar surface area (TPSA) is 76.4 Å². The Morgan fingerprint density at radius 1 is 1.31 bits per heavy atom. The van der Waals surface area contributed by atoms with E-state index in [2.05, 4.69) is 35.3 Å². The summed E-state index contributed by atoms with van der Waals surface area (Å²) in [6.45, 7) is 2.02. The predicted octanol–water partition coefficient (Wildman–Crippen LogP) is 1.65. The molecule has 6 aliphatic rings. The number of aliphatic hydroxyl groups excluding tert-OH is 1. The lowest BCUT2D eigenvalue weighted by atomic mass is 9.61. The third kappa shape index (κ3) is 1.30. The summed E-state index contributed by atoms with van der Waals surface area (Å²) in [5.74, 6) is -1.55. The minimum absolute atomic E-state index is 0.0371. The molecule has 7 rings (SSSR count). The zero-order valence-corrected chi connectivity index (χ0v) is 15.1. The second-order valence-corrected chi connectivity index (χ2v) is 9.07. The summed E-state index contributed by atoms with van der Waals surface area (Å²) in [7, 11) is 2.09. The first-order chi connectivity index (χ1) is 12.5. The molecule has 1 saturated carbocycles. The largest absolute Gasteiger partial charge is 0.392 e. The highest BCUT2D eigenvalue weighted by Gasteiger charge is 2.79. The van der Waals surface area contributed by atoms with E-state index in [1.165, 1.54) is 11.3 Å². The van der Waals surface area contributed by atoms with Crippen LogP contribution in [-0.2, 0) is 5.41 Å². The van der Waals surface area contributed by atoms with Crippen molar-refractivity contribution in [2.24, 2.45) is 22.9 Å². The van der Waals surface area contributed by atoms with Crippen LogP contribution >= 0.6 is 0 Å². The Kier molecular flexibility index (Phi) is 2.68. The van der Waals surface area contributed by atoms with Crippen LogP contribution in [0.4, 0.5) is 5.69 Å². The van der Waals surface area contributed by atoms with Gasteiger partial charge >= 0.3 is 0 Å². The Labute approximate surface area is 152 Å². The second kappa shape index (κ2) is 4.49. The fourth-order valence-corrected chi connectivity index (χ4v) is 8.12. The van der Waals surface area contributed by atoms with Crippen molar-refractivity contribution in [1.29, 1.82) is 0 Å². The van der Waals surface area contributed by atoms with Crippen LogP contribution in [-0.4, -0.2) is 52.2 Å². The Balaban J connectivity index is 1.61. The summed E-state index contributed by atoms with van der Waals surface area (Å²) in [6.07, 6.45) is 2.00. The maximum absolute atomic E-state index is 11.8. The maximum atomic E-state index is 11.8. The van der Waals surface area contributed by atoms with Gasteiger partial charge in [0.1, 0.15) is 0 Å². The monoisotopic (exact) mass is 355 g/mol. The van der Waals surface area contributed by atoms with Gasteiger partial charge in [0, 0.05) is 42.1 Å². The minimum Gasteiger partial charge on any atom is -0.392 e. The van der Waals surface area contributed by atoms with Crippen molar-refractivity contribution >= 4 is 5.69 Å². The summed E-state index contributed by atoms with van der Waals surface area (Å²) < 4.78 is 0. The number of piperidine rings is 4. The zero-order chi connectivity index (χ0) is 18.0. The van der Waals surface area contributed by atoms with Crippen molar-refractivity contribution in [3.63, 3.8) is 0 Å². The molecule has 1 aromatic rings. The number of anilines is 1. The van der Waals surface area contributed by atoms with E-state index in [1.54, 1.807) is 0 Å². The molecule has 1 spiro atoms. The first kappa shape index (κ1) is 15.5. The molecule has 1 aromatic carbocycles. The van der Waals surface area contributed by atoms with E-state index in [-0.39, 0.29) is 41.3 Å². The van der Waals surface area contributed by atoms with E-state index in [9.17, 15) is 15.1 Å². The summed E-state index contributed by atoms with van der Waals surface area (Å²) in [5, 5.41) is 26.3. The molecule has 0 aromatic heterocycles. The Hall–Kier alpha value is -1.50. The highest BCUT2D eigenvalue weighted by molar-refractivity contribution is 5.67. The number of nitrogens with zero attached hydrogens (tertiary/aromatic N) is 3. The molecule has 2 N–H and O–H groups in total. The van der Waals surface area contributed by atoms with E-state index in [1.807, 2.05) is 17.9 Å². The summed E-state index contributed by atoms with van der Waals surface area (Å²) in [6, 6.07) is 8.57. The molecule has 1 aliphatic carbocycles. The van der Waals surface area contributed by atoms with Gasteiger partial charge in [0.05, 0.1) is 12.1 Å². The lowest BCUT2D eigenvalue weighted by Crippen LogP contribution is -2.77. The molecular weight excluding hydrogens is 330 g/mol. The fraction of sp³-hybridized carbons (Fsp3) is 0.700. The predicted molar refractivity (Wildman–Crippen MR) is 96.5 cm³/mol. The number of rotatable bonds is 2. The van der Waals surface area contributed by atoms with Gasteiger partial charge in [-0.2, -0.15) is 0 Å². The van der Waals surface area contributed by atoms with Crippen LogP contribution in [0.1, 0.15) is 31.7 Å². The Morgan fingerprint density at radius 3 is 2.81 bits per heavy atom. The van der Waals surface area contributed by atoms with E-state index in [0.717, 1.165) is 12.8 Å². The number of fused-ring (bicyclic) bond motifs is 2. The number of likely N-dealkylation sites (N-methyl/N-ethyl adjacent to an activating group) is 1. The van der Waals surface area contributed by atoms with Crippen LogP contribution < -0.4 is 4.90 Å². The molecule has 0 radical (unpaired) electrons. The average molecular weight is 355 g/mol. The van der Waals surface area contributed by atoms with Gasteiger partial charge < -0.3 is 15.1 Å². The van der Waals surface area contributed by atoms with Crippen molar-refractivity contribution in [2.75, 3.05) is 11.9 Å². The van der Waals surface area contributed by atoms with Gasteiger partial charge in [-0.25, -0.2) is 4.90 Å². The standard InChI is InChI=1S/C20H25N3O3/c1-3-11-10-8-14-17-19(12-6-4-5-7-13(12)22(17)2)9-15(16(10)18(19)24)23(14)20(11,25)21-26/h4-7,10-11,14-18,24-25H,3,8-9H2,1-2H3/t10-,11+,14+,15+,16?,17+,18?,19-,20+/m1/s1. The Morgan fingerprint density at radius 2 is 2.08 bits per heavy atom. The van der Waals surface area contributed by atoms with Crippen molar-refractivity contribution in [3.05, 3.63) is 34.7 Å². The molecule has 26 heavy (non-hydrogen) atoms. The van der Waals surface area contributed by atoms with Crippen molar-refractivity contribution in [3.8, 4) is 0 Å². The van der Waals surface area contributed by atoms with E-state index >= 15 is 0 Å². The quantitative estimate of drug-likeness (QED) is 0.789. The molecule has 5 fully saturated rings. The van der Waals surface area contributed by atoms with Crippen molar-refractivity contribution < 1.29 is 10.2 Å². The van der Waals surface area contributed by atoms with Crippen LogP contribution in [0.5, 0.6) is 0 Å². The average Bonchev–Trinajstić information content (AvgIpc) is 3.04. The fourth-order valence-electron chi connectivity index (χ4n) is 8.12. The van der Waals surface area contributed by atoms with Crippen molar-refractivity contribution in [1.82, 2.24) is 4.90 Å². The lowest BCUT2D eigenvalue weighted by molar-refractivity contribution is -0.277. The molecule has 6 nitrogen and oxygen atoms in total. The molecule has 138 valence electrons. The molecule has 5 aliphatic heterocycles. The maximum Gasteiger partial charge on any atom is 0.259 e. The van der Waals surface area contributed by atoms with E-state index in [4.69, 9.17) is 0 Å². The van der Waals surface area contributed by atoms with Gasteiger partial charge in [0.15, 0.2) is 0 Å². The molecule has 6 heteroatoms. The van der Waals surface area contributed by atoms with Gasteiger partial charge in [-0.05, 0) is 42.0 Å². The number of aliphatic hydroxyl groups is 2.